The van der Waals surface area contributed by atoms with Gasteiger partial charge in [-0.15, -0.1) is 0 Å². The van der Waals surface area contributed by atoms with Gasteiger partial charge in [0, 0.05) is 24.3 Å². The summed E-state index contributed by atoms with van der Waals surface area (Å²) in [7, 11) is 1.98. The highest BCUT2D eigenvalue weighted by atomic mass is 35.5. The van der Waals surface area contributed by atoms with Crippen LogP contribution >= 0.6 is 11.6 Å². The first-order valence-electron chi connectivity index (χ1n) is 10.8. The summed E-state index contributed by atoms with van der Waals surface area (Å²) >= 11 is 5.88. The van der Waals surface area contributed by atoms with Gasteiger partial charge < -0.3 is 20.6 Å². The Labute approximate surface area is 195 Å². The molecule has 3 N–H and O–H groups in total. The number of rotatable bonds is 8. The molecular formula is C22H25ClFN7O2. The first-order valence-corrected chi connectivity index (χ1v) is 11.1. The van der Waals surface area contributed by atoms with E-state index in [-0.39, 0.29) is 17.5 Å². The first-order chi connectivity index (χ1) is 15.9. The molecule has 1 aromatic carbocycles. The predicted molar refractivity (Wildman–Crippen MR) is 124 cm³/mol. The number of aromatic nitrogens is 4. The summed E-state index contributed by atoms with van der Waals surface area (Å²) in [6, 6.07) is 4.94. The molecule has 1 aliphatic rings. The molecule has 2 heterocycles. The van der Waals surface area contributed by atoms with Crippen molar-refractivity contribution in [3.8, 4) is 0 Å². The molecule has 1 aliphatic carbocycles. The molecule has 0 atom stereocenters. The van der Waals surface area contributed by atoms with Crippen molar-refractivity contribution in [2.24, 2.45) is 0 Å². The van der Waals surface area contributed by atoms with Gasteiger partial charge in [0.1, 0.15) is 23.2 Å². The van der Waals surface area contributed by atoms with Crippen molar-refractivity contribution in [2.75, 3.05) is 24.2 Å². The van der Waals surface area contributed by atoms with E-state index in [1.165, 1.54) is 18.5 Å². The summed E-state index contributed by atoms with van der Waals surface area (Å²) in [4.78, 5) is 30.4. The molecule has 0 saturated heterocycles. The van der Waals surface area contributed by atoms with E-state index in [1.54, 1.807) is 12.3 Å². The average Bonchev–Trinajstić information content (AvgIpc) is 2.81. The number of carbonyl (C=O) groups is 1. The molecule has 9 nitrogen and oxygen atoms in total. The van der Waals surface area contributed by atoms with E-state index in [9.17, 15) is 9.18 Å². The lowest BCUT2D eigenvalue weighted by atomic mass is 9.90. The molecule has 0 spiro atoms. The monoisotopic (exact) mass is 473 g/mol. The van der Waals surface area contributed by atoms with Crippen LogP contribution in [0.15, 0.2) is 30.7 Å². The molecule has 0 aliphatic heterocycles. The Morgan fingerprint density at radius 2 is 2.03 bits per heavy atom. The fourth-order valence-electron chi connectivity index (χ4n) is 4.02. The topological polar surface area (TPSA) is 116 Å². The van der Waals surface area contributed by atoms with Crippen LogP contribution in [-0.4, -0.2) is 61.6 Å². The van der Waals surface area contributed by atoms with Gasteiger partial charge in [0.15, 0.2) is 5.82 Å². The van der Waals surface area contributed by atoms with Crippen molar-refractivity contribution in [1.29, 1.82) is 0 Å². The van der Waals surface area contributed by atoms with Crippen LogP contribution in [0.3, 0.4) is 0 Å². The van der Waals surface area contributed by atoms with E-state index in [0.29, 0.717) is 41.1 Å². The smallest absolute Gasteiger partial charge is 0.304 e. The number of anilines is 3. The van der Waals surface area contributed by atoms with Crippen molar-refractivity contribution >= 4 is 46.1 Å². The number of nitrogens with zero attached hydrogens (tertiary/aromatic N) is 5. The SMILES string of the molecule is CN(CCC(=O)O)C1CCC(Nc2ncc3ncnc(Nc4ccc(F)c(Cl)c4)c3n2)CC1. The molecule has 11 heteroatoms. The largest absolute Gasteiger partial charge is 0.481 e. The molecule has 1 saturated carbocycles. The Bertz CT molecular complexity index is 1140. The van der Waals surface area contributed by atoms with Gasteiger partial charge in [-0.2, -0.15) is 0 Å². The van der Waals surface area contributed by atoms with E-state index in [4.69, 9.17) is 16.7 Å². The molecule has 3 aromatic rings. The molecule has 2 aromatic heterocycles. The number of halogens is 2. The van der Waals surface area contributed by atoms with Crippen molar-refractivity contribution in [3.63, 3.8) is 0 Å². The molecule has 0 unspecified atom stereocenters. The summed E-state index contributed by atoms with van der Waals surface area (Å²) in [6.45, 7) is 0.556. The second-order valence-electron chi connectivity index (χ2n) is 8.18. The Hall–Kier alpha value is -3.11. The standard InChI is InChI=1S/C22H25ClFN7O2/c1-31(9-8-19(32)33)15-5-2-13(3-6-15)29-22-25-11-18-20(30-22)21(27-12-26-18)28-14-4-7-17(24)16(23)10-14/h4,7,10-13,15H,2-3,5-6,8-9H2,1H3,(H,32,33)(H,25,29,30)(H,26,27,28). The molecule has 4 rings (SSSR count). The second-order valence-corrected chi connectivity index (χ2v) is 8.58. The van der Waals surface area contributed by atoms with Crippen molar-refractivity contribution in [3.05, 3.63) is 41.6 Å². The maximum absolute atomic E-state index is 13.5. The van der Waals surface area contributed by atoms with E-state index in [0.717, 1.165) is 25.7 Å². The minimum absolute atomic E-state index is 0.0135. The van der Waals surface area contributed by atoms with E-state index >= 15 is 0 Å². The summed E-state index contributed by atoms with van der Waals surface area (Å²) < 4.78 is 13.5. The van der Waals surface area contributed by atoms with Gasteiger partial charge in [-0.1, -0.05) is 11.6 Å². The Balaban J connectivity index is 1.42. The highest BCUT2D eigenvalue weighted by Gasteiger charge is 2.24. The van der Waals surface area contributed by atoms with Gasteiger partial charge in [-0.3, -0.25) is 4.79 Å². The molecule has 0 amide bonds. The lowest BCUT2D eigenvalue weighted by Crippen LogP contribution is -2.39. The van der Waals surface area contributed by atoms with Crippen LogP contribution in [0.4, 0.5) is 21.8 Å². The molecule has 0 bridgehead atoms. The van der Waals surface area contributed by atoms with Crippen molar-refractivity contribution in [2.45, 2.75) is 44.2 Å². The summed E-state index contributed by atoms with van der Waals surface area (Å²) in [6.07, 6.45) is 7.03. The Morgan fingerprint density at radius 1 is 1.24 bits per heavy atom. The zero-order valence-corrected chi connectivity index (χ0v) is 18.9. The van der Waals surface area contributed by atoms with Crippen LogP contribution in [-0.2, 0) is 4.79 Å². The minimum Gasteiger partial charge on any atom is -0.481 e. The number of benzene rings is 1. The van der Waals surface area contributed by atoms with Crippen LogP contribution in [0, 0.1) is 5.82 Å². The summed E-state index contributed by atoms with van der Waals surface area (Å²) in [5.41, 5.74) is 1.70. The minimum atomic E-state index is -0.772. The zero-order valence-electron chi connectivity index (χ0n) is 18.1. The molecular weight excluding hydrogens is 449 g/mol. The van der Waals surface area contributed by atoms with E-state index in [1.807, 2.05) is 7.05 Å². The van der Waals surface area contributed by atoms with E-state index in [2.05, 4.69) is 35.5 Å². The molecule has 174 valence electrons. The number of carboxylic acids is 1. The third-order valence-electron chi connectivity index (χ3n) is 5.89. The van der Waals surface area contributed by atoms with Gasteiger partial charge in [0.2, 0.25) is 5.95 Å². The lowest BCUT2D eigenvalue weighted by molar-refractivity contribution is -0.137. The van der Waals surface area contributed by atoms with Crippen molar-refractivity contribution in [1.82, 2.24) is 24.8 Å². The van der Waals surface area contributed by atoms with Gasteiger partial charge >= 0.3 is 5.97 Å². The summed E-state index contributed by atoms with van der Waals surface area (Å²) in [5, 5.41) is 15.4. The van der Waals surface area contributed by atoms with Gasteiger partial charge in [-0.25, -0.2) is 24.3 Å². The fourth-order valence-corrected chi connectivity index (χ4v) is 4.20. The second kappa shape index (κ2) is 10.2. The van der Waals surface area contributed by atoms with Crippen LogP contribution in [0.25, 0.3) is 11.0 Å². The maximum Gasteiger partial charge on any atom is 0.304 e. The highest BCUT2D eigenvalue weighted by Crippen LogP contribution is 2.27. The van der Waals surface area contributed by atoms with Crippen LogP contribution in [0.1, 0.15) is 32.1 Å². The molecule has 1 fully saturated rings. The molecule has 33 heavy (non-hydrogen) atoms. The first kappa shape index (κ1) is 23.1. The zero-order chi connectivity index (χ0) is 23.4. The Morgan fingerprint density at radius 3 is 2.76 bits per heavy atom. The predicted octanol–water partition coefficient (Wildman–Crippen LogP) is 4.09. The van der Waals surface area contributed by atoms with E-state index < -0.39 is 11.8 Å². The number of carboxylic acid groups (broad SMARTS) is 1. The number of aliphatic carboxylic acids is 1. The third-order valence-corrected chi connectivity index (χ3v) is 6.18. The van der Waals surface area contributed by atoms with Crippen LogP contribution in [0.5, 0.6) is 0 Å². The fraction of sp³-hybridized carbons (Fsp3) is 0.409. The number of hydrogen-bond acceptors (Lipinski definition) is 8. The van der Waals surface area contributed by atoms with Crippen LogP contribution < -0.4 is 10.6 Å². The number of fused-ring (bicyclic) bond motifs is 1. The van der Waals surface area contributed by atoms with Crippen molar-refractivity contribution < 1.29 is 14.3 Å². The number of hydrogen-bond donors (Lipinski definition) is 3. The maximum atomic E-state index is 13.5. The quantitative estimate of drug-likeness (QED) is 0.444. The van der Waals surface area contributed by atoms with Crippen LogP contribution in [0.2, 0.25) is 5.02 Å². The van der Waals surface area contributed by atoms with Gasteiger partial charge in [-0.05, 0) is 50.9 Å². The normalized spacial score (nSPS) is 18.4. The average molecular weight is 474 g/mol. The number of nitrogens with one attached hydrogen (secondary N) is 2. The third kappa shape index (κ3) is 5.82. The Kier molecular flexibility index (Phi) is 7.14. The highest BCUT2D eigenvalue weighted by molar-refractivity contribution is 6.31. The lowest BCUT2D eigenvalue weighted by Gasteiger charge is -2.34. The van der Waals surface area contributed by atoms with Gasteiger partial charge in [0.25, 0.3) is 0 Å². The summed E-state index contributed by atoms with van der Waals surface area (Å²) in [5.74, 6) is -0.311. The molecule has 0 radical (unpaired) electrons. The van der Waals surface area contributed by atoms with Gasteiger partial charge in [0.05, 0.1) is 17.6 Å².